The molecule has 0 aliphatic carbocycles. The van der Waals surface area contributed by atoms with Crippen LogP contribution in [0, 0.1) is 0 Å². The van der Waals surface area contributed by atoms with E-state index in [9.17, 15) is 0 Å². The van der Waals surface area contributed by atoms with Crippen molar-refractivity contribution in [1.29, 1.82) is 0 Å². The molecule has 0 radical (unpaired) electrons. The highest BCUT2D eigenvalue weighted by Crippen LogP contribution is 2.37. The van der Waals surface area contributed by atoms with Crippen molar-refractivity contribution in [2.24, 2.45) is 0 Å². The molecule has 0 N–H and O–H groups in total. The Bertz CT molecular complexity index is 601. The second-order valence-electron chi connectivity index (χ2n) is 4.13. The molecular weight excluding hydrogens is 696 g/mol. The van der Waals surface area contributed by atoms with Gasteiger partial charge in [0.15, 0.2) is 25.1 Å². The van der Waals surface area contributed by atoms with Crippen LogP contribution in [0.15, 0.2) is 51.1 Å². The number of benzene rings is 2. The third-order valence-corrected chi connectivity index (χ3v) is 5.77. The average Bonchev–Trinajstić information content (AvgIpc) is 2.42. The molecule has 0 saturated heterocycles. The van der Waals surface area contributed by atoms with Crippen molar-refractivity contribution >= 4 is 95.6 Å². The fourth-order valence-electron chi connectivity index (χ4n) is 1.57. The summed E-state index contributed by atoms with van der Waals surface area (Å²) in [5, 5.41) is 0. The van der Waals surface area contributed by atoms with Crippen molar-refractivity contribution in [3.8, 4) is 11.5 Å². The lowest BCUT2D eigenvalue weighted by molar-refractivity contribution is -0.0546. The molecule has 0 aliphatic rings. The van der Waals surface area contributed by atoms with Gasteiger partial charge in [0.05, 0.1) is 17.9 Å². The first kappa shape index (κ1) is 20.2. The summed E-state index contributed by atoms with van der Waals surface area (Å²) in [4.78, 5) is 0. The lowest BCUT2D eigenvalue weighted by atomic mass is 10.3. The molecule has 2 aromatic rings. The summed E-state index contributed by atoms with van der Waals surface area (Å²) < 4.78 is 21.7. The summed E-state index contributed by atoms with van der Waals surface area (Å²) in [5.74, 6) is 1.33. The van der Waals surface area contributed by atoms with Gasteiger partial charge in [-0.15, -0.1) is 0 Å². The molecule has 0 unspecified atom stereocenters. The smallest absolute Gasteiger partial charge is 0.192 e. The van der Waals surface area contributed by atoms with Gasteiger partial charge in [-0.25, -0.2) is 0 Å². The average molecular weight is 704 g/mol. The number of hydrogen-bond donors (Lipinski definition) is 0. The van der Waals surface area contributed by atoms with Gasteiger partial charge in [0.2, 0.25) is 0 Å². The molecule has 0 aliphatic heterocycles. The molecule has 0 bridgehead atoms. The van der Waals surface area contributed by atoms with Crippen molar-refractivity contribution in [2.45, 2.75) is 0 Å². The van der Waals surface area contributed by atoms with Crippen molar-refractivity contribution in [3.05, 3.63) is 51.1 Å². The lowest BCUT2D eigenvalue weighted by Crippen LogP contribution is -2.09. The van der Waals surface area contributed by atoms with E-state index in [1.54, 1.807) is 0 Å². The molecule has 0 amide bonds. The zero-order chi connectivity index (χ0) is 17.0. The van der Waals surface area contributed by atoms with Crippen LogP contribution in [-0.4, -0.2) is 13.6 Å². The number of halogens is 6. The predicted molar refractivity (Wildman–Crippen MR) is 111 cm³/mol. The van der Waals surface area contributed by atoms with Crippen molar-refractivity contribution in [1.82, 2.24) is 0 Å². The second-order valence-corrected chi connectivity index (χ2v) is 9.37. The lowest BCUT2D eigenvalue weighted by Gasteiger charge is -2.13. The van der Waals surface area contributed by atoms with E-state index >= 15 is 0 Å². The Balaban J connectivity index is 1.85. The molecule has 2 aromatic carbocycles. The molecule has 0 atom stereocenters. The molecule has 0 fully saturated rings. The Morgan fingerprint density at radius 2 is 0.870 bits per heavy atom. The minimum absolute atomic E-state index is 0.0601. The molecule has 23 heavy (non-hydrogen) atoms. The zero-order valence-corrected chi connectivity index (χ0v) is 20.7. The molecule has 3 nitrogen and oxygen atoms in total. The summed E-state index contributed by atoms with van der Waals surface area (Å²) in [6.45, 7) is 0.120. The van der Waals surface area contributed by atoms with Gasteiger partial charge >= 0.3 is 0 Å². The number of ether oxygens (including phenoxy) is 3. The molecule has 0 spiro atoms. The maximum absolute atomic E-state index is 5.59. The highest BCUT2D eigenvalue weighted by Gasteiger charge is 2.10. The highest BCUT2D eigenvalue weighted by atomic mass is 79.9. The van der Waals surface area contributed by atoms with E-state index in [0.29, 0.717) is 11.5 Å². The summed E-state index contributed by atoms with van der Waals surface area (Å²) in [7, 11) is 0. The first-order valence-electron chi connectivity index (χ1n) is 6.01. The van der Waals surface area contributed by atoms with Crippen LogP contribution in [0.1, 0.15) is 0 Å². The van der Waals surface area contributed by atoms with Crippen LogP contribution in [0.3, 0.4) is 0 Å². The van der Waals surface area contributed by atoms with Crippen molar-refractivity contribution in [3.63, 3.8) is 0 Å². The van der Waals surface area contributed by atoms with Crippen LogP contribution in [0.4, 0.5) is 0 Å². The Morgan fingerprint density at radius 3 is 1.17 bits per heavy atom. The normalized spacial score (nSPS) is 10.7. The molecule has 0 aromatic heterocycles. The van der Waals surface area contributed by atoms with Crippen LogP contribution < -0.4 is 9.47 Å². The van der Waals surface area contributed by atoms with Crippen LogP contribution >= 0.6 is 95.6 Å². The van der Waals surface area contributed by atoms with Gasteiger partial charge in [0, 0.05) is 8.95 Å². The Hall–Kier alpha value is 0.880. The SMILES string of the molecule is Brc1cc(Br)c(OCOCOc2c(Br)cc(Br)cc2Br)c(Br)c1. The number of hydrogen-bond acceptors (Lipinski definition) is 3. The van der Waals surface area contributed by atoms with E-state index < -0.39 is 0 Å². The molecular formula is C14H8Br6O3. The minimum Gasteiger partial charge on any atom is -0.465 e. The van der Waals surface area contributed by atoms with E-state index in [1.807, 2.05) is 24.3 Å². The standard InChI is InChI=1S/C14H8Br6O3/c15-7-1-9(17)13(10(18)2-7)22-5-21-6-23-14-11(19)3-8(16)4-12(14)20/h1-4H,5-6H2. The minimum atomic E-state index is 0.0601. The first-order valence-corrected chi connectivity index (χ1v) is 10.8. The van der Waals surface area contributed by atoms with Gasteiger partial charge in [-0.05, 0) is 88.0 Å². The van der Waals surface area contributed by atoms with Gasteiger partial charge in [-0.3, -0.25) is 0 Å². The van der Waals surface area contributed by atoms with Gasteiger partial charge in [-0.2, -0.15) is 0 Å². The van der Waals surface area contributed by atoms with E-state index in [1.165, 1.54) is 0 Å². The van der Waals surface area contributed by atoms with Crippen molar-refractivity contribution < 1.29 is 14.2 Å². The zero-order valence-electron chi connectivity index (χ0n) is 11.2. The molecule has 0 saturated carbocycles. The summed E-state index contributed by atoms with van der Waals surface area (Å²) in [6.07, 6.45) is 0. The fourth-order valence-corrected chi connectivity index (χ4v) is 6.54. The topological polar surface area (TPSA) is 27.7 Å². The third-order valence-electron chi connectivity index (χ3n) is 2.50. The maximum Gasteiger partial charge on any atom is 0.192 e. The number of rotatable bonds is 6. The fraction of sp³-hybridized carbons (Fsp3) is 0.143. The maximum atomic E-state index is 5.59. The monoisotopic (exact) mass is 698 g/mol. The van der Waals surface area contributed by atoms with Crippen LogP contribution in [0.5, 0.6) is 11.5 Å². The van der Waals surface area contributed by atoms with Gasteiger partial charge in [-0.1, -0.05) is 31.9 Å². The van der Waals surface area contributed by atoms with E-state index in [-0.39, 0.29) is 13.6 Å². The van der Waals surface area contributed by atoms with Crippen LogP contribution in [0.25, 0.3) is 0 Å². The Kier molecular flexibility index (Phi) is 8.38. The van der Waals surface area contributed by atoms with E-state index in [2.05, 4.69) is 95.6 Å². The van der Waals surface area contributed by atoms with E-state index in [4.69, 9.17) is 14.2 Å². The Labute approximate surface area is 184 Å². The second kappa shape index (κ2) is 9.54. The molecule has 0 heterocycles. The van der Waals surface area contributed by atoms with Crippen molar-refractivity contribution in [2.75, 3.05) is 13.6 Å². The molecule has 9 heteroatoms. The summed E-state index contributed by atoms with van der Waals surface area (Å²) in [5.41, 5.74) is 0. The van der Waals surface area contributed by atoms with E-state index in [0.717, 1.165) is 26.8 Å². The quantitative estimate of drug-likeness (QED) is 0.229. The van der Waals surface area contributed by atoms with Gasteiger partial charge in [0.25, 0.3) is 0 Å². The molecule has 2 rings (SSSR count). The van der Waals surface area contributed by atoms with Gasteiger partial charge < -0.3 is 14.2 Å². The highest BCUT2D eigenvalue weighted by molar-refractivity contribution is 9.12. The molecule has 124 valence electrons. The summed E-state index contributed by atoms with van der Waals surface area (Å²) in [6, 6.07) is 7.58. The van der Waals surface area contributed by atoms with Gasteiger partial charge in [0.1, 0.15) is 0 Å². The predicted octanol–water partition coefficient (Wildman–Crippen LogP) is 7.65. The summed E-state index contributed by atoms with van der Waals surface area (Å²) >= 11 is 20.6. The third kappa shape index (κ3) is 5.97. The largest absolute Gasteiger partial charge is 0.465 e. The van der Waals surface area contributed by atoms with Crippen LogP contribution in [-0.2, 0) is 4.74 Å². The Morgan fingerprint density at radius 1 is 0.565 bits per heavy atom. The van der Waals surface area contributed by atoms with Crippen LogP contribution in [0.2, 0.25) is 0 Å². The first-order chi connectivity index (χ1) is 10.9.